The van der Waals surface area contributed by atoms with E-state index in [-0.39, 0.29) is 17.1 Å². The maximum absolute atomic E-state index is 12.5. The monoisotopic (exact) mass is 454 g/mol. The molecule has 1 atom stereocenters. The summed E-state index contributed by atoms with van der Waals surface area (Å²) in [4.78, 5) is 12.5. The molecule has 0 amide bonds. The first-order valence-electron chi connectivity index (χ1n) is 11.1. The lowest BCUT2D eigenvalue weighted by atomic mass is 10.1. The number of hydrogen-bond donors (Lipinski definition) is 0. The third-order valence-electron chi connectivity index (χ3n) is 6.17. The number of ether oxygens (including phenoxy) is 2. The molecule has 0 aliphatic rings. The van der Waals surface area contributed by atoms with Gasteiger partial charge < -0.3 is 18.3 Å². The molecule has 1 unspecified atom stereocenters. The number of carbonyl (C=O) groups is 1. The highest BCUT2D eigenvalue weighted by Crippen LogP contribution is 2.38. The van der Waals surface area contributed by atoms with Gasteiger partial charge in [-0.1, -0.05) is 51.1 Å². The molecule has 3 aromatic rings. The fourth-order valence-electron chi connectivity index (χ4n) is 3.26. The molecule has 0 saturated carbocycles. The standard InChI is InChI=1S/C26H34O5Si/c1-8-28-25(27)24-18(2)30-22-15-14-20(16-21(22)24)31-23(19-12-10-9-11-13-19)17-29-32(6,7)26(3,4)5/h9-16,23H,8,17H2,1-7H3. The predicted octanol–water partition coefficient (Wildman–Crippen LogP) is 7.06. The minimum Gasteiger partial charge on any atom is -0.483 e. The summed E-state index contributed by atoms with van der Waals surface area (Å²) < 4.78 is 23.9. The Morgan fingerprint density at radius 3 is 2.41 bits per heavy atom. The molecule has 3 rings (SSSR count). The number of carbonyl (C=O) groups excluding carboxylic acids is 1. The van der Waals surface area contributed by atoms with Gasteiger partial charge in [-0.3, -0.25) is 0 Å². The fraction of sp³-hybridized carbons (Fsp3) is 0.423. The number of furan rings is 1. The molecule has 1 aromatic heterocycles. The average molecular weight is 455 g/mol. The van der Waals surface area contributed by atoms with Crippen LogP contribution in [-0.4, -0.2) is 27.5 Å². The molecule has 32 heavy (non-hydrogen) atoms. The van der Waals surface area contributed by atoms with E-state index < -0.39 is 8.32 Å². The van der Waals surface area contributed by atoms with Crippen LogP contribution in [0, 0.1) is 6.92 Å². The van der Waals surface area contributed by atoms with Crippen LogP contribution in [0.4, 0.5) is 0 Å². The van der Waals surface area contributed by atoms with Crippen LogP contribution >= 0.6 is 0 Å². The third kappa shape index (κ3) is 5.25. The first kappa shape index (κ1) is 24.1. The highest BCUT2D eigenvalue weighted by Gasteiger charge is 2.38. The Labute approximate surface area is 191 Å². The summed E-state index contributed by atoms with van der Waals surface area (Å²) in [5, 5.41) is 0.798. The molecule has 2 aromatic carbocycles. The van der Waals surface area contributed by atoms with Crippen molar-refractivity contribution < 1.29 is 23.1 Å². The van der Waals surface area contributed by atoms with Crippen molar-refractivity contribution in [3.63, 3.8) is 0 Å². The zero-order valence-corrected chi connectivity index (χ0v) is 21.2. The summed E-state index contributed by atoms with van der Waals surface area (Å²) in [6.45, 7) is 15.5. The van der Waals surface area contributed by atoms with Gasteiger partial charge in [0.15, 0.2) is 8.32 Å². The summed E-state index contributed by atoms with van der Waals surface area (Å²) in [6.07, 6.45) is -0.276. The van der Waals surface area contributed by atoms with Crippen LogP contribution in [0.3, 0.4) is 0 Å². The second kappa shape index (κ2) is 9.51. The van der Waals surface area contributed by atoms with Crippen molar-refractivity contribution in [2.45, 2.75) is 58.9 Å². The van der Waals surface area contributed by atoms with Crippen molar-refractivity contribution in [1.82, 2.24) is 0 Å². The Kier molecular flexibility index (Phi) is 7.15. The molecule has 6 heteroatoms. The molecule has 0 aliphatic heterocycles. The van der Waals surface area contributed by atoms with Crippen LogP contribution in [0.2, 0.25) is 18.1 Å². The van der Waals surface area contributed by atoms with Crippen molar-refractivity contribution in [3.05, 3.63) is 65.4 Å². The van der Waals surface area contributed by atoms with Crippen LogP contribution in [0.15, 0.2) is 52.9 Å². The predicted molar refractivity (Wildman–Crippen MR) is 130 cm³/mol. The fourth-order valence-corrected chi connectivity index (χ4v) is 4.26. The molecule has 5 nitrogen and oxygen atoms in total. The molecule has 0 N–H and O–H groups in total. The molecule has 0 bridgehead atoms. The van der Waals surface area contributed by atoms with Crippen molar-refractivity contribution in [2.75, 3.05) is 13.2 Å². The summed E-state index contributed by atoms with van der Waals surface area (Å²) >= 11 is 0. The van der Waals surface area contributed by atoms with E-state index in [1.165, 1.54) is 0 Å². The van der Waals surface area contributed by atoms with Crippen LogP contribution in [0.25, 0.3) is 11.0 Å². The molecular formula is C26H34O5Si. The number of hydrogen-bond acceptors (Lipinski definition) is 5. The van der Waals surface area contributed by atoms with Crippen molar-refractivity contribution in [3.8, 4) is 5.75 Å². The van der Waals surface area contributed by atoms with E-state index in [1.807, 2.05) is 48.5 Å². The average Bonchev–Trinajstić information content (AvgIpc) is 3.06. The van der Waals surface area contributed by atoms with Gasteiger partial charge in [0, 0.05) is 5.39 Å². The largest absolute Gasteiger partial charge is 0.483 e. The summed E-state index contributed by atoms with van der Waals surface area (Å²) in [7, 11) is -1.95. The summed E-state index contributed by atoms with van der Waals surface area (Å²) in [5.74, 6) is 0.801. The first-order chi connectivity index (χ1) is 15.0. The van der Waals surface area contributed by atoms with E-state index in [1.54, 1.807) is 13.8 Å². The van der Waals surface area contributed by atoms with E-state index in [0.717, 1.165) is 5.56 Å². The first-order valence-corrected chi connectivity index (χ1v) is 14.0. The Hall–Kier alpha value is -2.57. The summed E-state index contributed by atoms with van der Waals surface area (Å²) in [5.41, 5.74) is 2.12. The van der Waals surface area contributed by atoms with E-state index in [0.29, 0.717) is 41.3 Å². The van der Waals surface area contributed by atoms with Gasteiger partial charge in [-0.15, -0.1) is 0 Å². The van der Waals surface area contributed by atoms with Gasteiger partial charge in [-0.25, -0.2) is 4.79 Å². The van der Waals surface area contributed by atoms with E-state index in [9.17, 15) is 4.79 Å². The van der Waals surface area contributed by atoms with Gasteiger partial charge in [-0.2, -0.15) is 0 Å². The smallest absolute Gasteiger partial charge is 0.342 e. The van der Waals surface area contributed by atoms with E-state index in [2.05, 4.69) is 33.9 Å². The minimum absolute atomic E-state index is 0.107. The second-order valence-corrected chi connectivity index (χ2v) is 14.3. The van der Waals surface area contributed by atoms with Crippen molar-refractivity contribution in [2.24, 2.45) is 0 Å². The number of fused-ring (bicyclic) bond motifs is 1. The third-order valence-corrected chi connectivity index (χ3v) is 10.7. The van der Waals surface area contributed by atoms with Gasteiger partial charge in [0.2, 0.25) is 0 Å². The van der Waals surface area contributed by atoms with Gasteiger partial charge in [-0.05, 0) is 55.7 Å². The Balaban J connectivity index is 1.92. The van der Waals surface area contributed by atoms with Gasteiger partial charge in [0.1, 0.15) is 28.8 Å². The summed E-state index contributed by atoms with van der Waals surface area (Å²) in [6, 6.07) is 15.6. The molecule has 1 heterocycles. The molecule has 0 radical (unpaired) electrons. The maximum Gasteiger partial charge on any atom is 0.342 e. The zero-order valence-electron chi connectivity index (χ0n) is 20.2. The van der Waals surface area contributed by atoms with Gasteiger partial charge in [0.05, 0.1) is 13.2 Å². The maximum atomic E-state index is 12.5. The number of aryl methyl sites for hydroxylation is 1. The van der Waals surface area contributed by atoms with E-state index >= 15 is 0 Å². The van der Waals surface area contributed by atoms with Crippen LogP contribution in [0.1, 0.15) is 55.5 Å². The lowest BCUT2D eigenvalue weighted by Gasteiger charge is -2.37. The van der Waals surface area contributed by atoms with Gasteiger partial charge in [0.25, 0.3) is 0 Å². The molecule has 172 valence electrons. The highest BCUT2D eigenvalue weighted by molar-refractivity contribution is 6.74. The molecule has 0 aliphatic carbocycles. The Bertz CT molecular complexity index is 1060. The normalized spacial score (nSPS) is 13.2. The number of esters is 1. The number of benzene rings is 2. The molecule has 0 fully saturated rings. The van der Waals surface area contributed by atoms with E-state index in [4.69, 9.17) is 18.3 Å². The van der Waals surface area contributed by atoms with Crippen LogP contribution in [0.5, 0.6) is 5.75 Å². The number of rotatable bonds is 8. The second-order valence-electron chi connectivity index (χ2n) is 9.50. The quantitative estimate of drug-likeness (QED) is 0.269. The zero-order chi connectivity index (χ0) is 23.5. The van der Waals surface area contributed by atoms with Crippen LogP contribution < -0.4 is 4.74 Å². The van der Waals surface area contributed by atoms with Crippen molar-refractivity contribution >= 4 is 25.3 Å². The molecular weight excluding hydrogens is 420 g/mol. The van der Waals surface area contributed by atoms with Crippen LogP contribution in [-0.2, 0) is 9.16 Å². The lowest BCUT2D eigenvalue weighted by Crippen LogP contribution is -2.42. The SMILES string of the molecule is CCOC(=O)c1c(C)oc2ccc(OC(CO[Si](C)(C)C(C)(C)C)c3ccccc3)cc12. The van der Waals surface area contributed by atoms with Crippen molar-refractivity contribution in [1.29, 1.82) is 0 Å². The highest BCUT2D eigenvalue weighted by atomic mass is 28.4. The Morgan fingerprint density at radius 1 is 1.09 bits per heavy atom. The molecule has 0 saturated heterocycles. The minimum atomic E-state index is -1.95. The molecule has 0 spiro atoms. The van der Waals surface area contributed by atoms with Gasteiger partial charge >= 0.3 is 5.97 Å². The Morgan fingerprint density at radius 2 is 1.78 bits per heavy atom. The topological polar surface area (TPSA) is 57.9 Å². The lowest BCUT2D eigenvalue weighted by molar-refractivity contribution is 0.0526.